The molecule has 0 heterocycles. The number of thioether (sulfide) groups is 1. The number of alkyl halides is 3. The summed E-state index contributed by atoms with van der Waals surface area (Å²) in [5.74, 6) is 0. The first-order valence-corrected chi connectivity index (χ1v) is 6.57. The molecule has 1 aromatic rings. The molecule has 1 amide bonds. The molecule has 94 valence electrons. The summed E-state index contributed by atoms with van der Waals surface area (Å²) in [5.41, 5.74) is 0. The van der Waals surface area contributed by atoms with Gasteiger partial charge in [0, 0.05) is 4.90 Å². The van der Waals surface area contributed by atoms with E-state index in [-0.39, 0.29) is 0 Å². The number of hydrogen-bond donors (Lipinski definition) is 1. The van der Waals surface area contributed by atoms with E-state index in [1.165, 1.54) is 18.9 Å². The van der Waals surface area contributed by atoms with Crippen molar-refractivity contribution in [2.24, 2.45) is 0 Å². The van der Waals surface area contributed by atoms with Crippen LogP contribution in [0.25, 0.3) is 0 Å². The second-order valence-electron chi connectivity index (χ2n) is 2.99. The molecule has 3 nitrogen and oxygen atoms in total. The maximum atomic E-state index is 11.1. The average Bonchev–Trinajstić information content (AvgIpc) is 2.28. The van der Waals surface area contributed by atoms with E-state index in [4.69, 9.17) is 34.8 Å². The Morgan fingerprint density at radius 1 is 1.35 bits per heavy atom. The number of rotatable bonds is 3. The van der Waals surface area contributed by atoms with Crippen molar-refractivity contribution in [3.05, 3.63) is 30.3 Å². The molecule has 0 fully saturated rings. The quantitative estimate of drug-likeness (QED) is 0.523. The molecule has 0 saturated heterocycles. The summed E-state index contributed by atoms with van der Waals surface area (Å²) >= 11 is 18.6. The fraction of sp³-hybridized carbons (Fsp3) is 0.300. The predicted octanol–water partition coefficient (Wildman–Crippen LogP) is 3.83. The summed E-state index contributed by atoms with van der Waals surface area (Å²) in [6.45, 7) is 0. The Balaban J connectivity index is 2.75. The van der Waals surface area contributed by atoms with Crippen LogP contribution in [0, 0.1) is 0 Å². The van der Waals surface area contributed by atoms with Gasteiger partial charge in [-0.05, 0) is 12.1 Å². The molecule has 0 bridgehead atoms. The highest BCUT2D eigenvalue weighted by Crippen LogP contribution is 2.39. The molecule has 7 heteroatoms. The molecule has 0 radical (unpaired) electrons. The zero-order chi connectivity index (χ0) is 12.9. The van der Waals surface area contributed by atoms with Crippen LogP contribution in [-0.2, 0) is 4.74 Å². The van der Waals surface area contributed by atoms with Crippen molar-refractivity contribution in [2.75, 3.05) is 7.11 Å². The molecule has 0 unspecified atom stereocenters. The van der Waals surface area contributed by atoms with E-state index < -0.39 is 15.3 Å². The van der Waals surface area contributed by atoms with E-state index in [1.54, 1.807) is 0 Å². The zero-order valence-electron chi connectivity index (χ0n) is 8.82. The molecule has 0 aliphatic rings. The highest BCUT2D eigenvalue weighted by molar-refractivity contribution is 8.00. The lowest BCUT2D eigenvalue weighted by Gasteiger charge is -2.24. The van der Waals surface area contributed by atoms with Crippen LogP contribution in [0.5, 0.6) is 0 Å². The second kappa shape index (κ2) is 6.59. The van der Waals surface area contributed by atoms with Gasteiger partial charge in [-0.25, -0.2) is 4.79 Å². The van der Waals surface area contributed by atoms with Crippen molar-refractivity contribution in [3.8, 4) is 0 Å². The highest BCUT2D eigenvalue weighted by atomic mass is 35.6. The molecular weight excluding hydrogens is 305 g/mol. The van der Waals surface area contributed by atoms with E-state index in [9.17, 15) is 4.79 Å². The van der Waals surface area contributed by atoms with E-state index in [0.29, 0.717) is 0 Å². The minimum atomic E-state index is -1.63. The van der Waals surface area contributed by atoms with Crippen LogP contribution in [0.15, 0.2) is 35.2 Å². The van der Waals surface area contributed by atoms with Crippen molar-refractivity contribution in [2.45, 2.75) is 14.1 Å². The largest absolute Gasteiger partial charge is 0.453 e. The lowest BCUT2D eigenvalue weighted by Crippen LogP contribution is -2.41. The predicted molar refractivity (Wildman–Crippen MR) is 71.9 cm³/mol. The first kappa shape index (κ1) is 14.8. The Hall–Kier alpha value is -0.290. The Morgan fingerprint density at radius 3 is 2.41 bits per heavy atom. The third kappa shape index (κ3) is 5.25. The normalized spacial score (nSPS) is 12.9. The van der Waals surface area contributed by atoms with Crippen LogP contribution >= 0.6 is 46.6 Å². The van der Waals surface area contributed by atoms with Gasteiger partial charge in [0.15, 0.2) is 0 Å². The minimum Gasteiger partial charge on any atom is -0.453 e. The van der Waals surface area contributed by atoms with Crippen molar-refractivity contribution < 1.29 is 9.53 Å². The van der Waals surface area contributed by atoms with Gasteiger partial charge < -0.3 is 10.1 Å². The molecule has 1 aromatic carbocycles. The van der Waals surface area contributed by atoms with Crippen LogP contribution in [0.4, 0.5) is 4.79 Å². The SMILES string of the molecule is COC(=O)N[C@@H](Sc1ccccc1)C(Cl)(Cl)Cl. The van der Waals surface area contributed by atoms with E-state index in [0.717, 1.165) is 4.90 Å². The van der Waals surface area contributed by atoms with Gasteiger partial charge >= 0.3 is 6.09 Å². The van der Waals surface area contributed by atoms with Crippen molar-refractivity contribution >= 4 is 52.7 Å². The number of amides is 1. The number of methoxy groups -OCH3 is 1. The summed E-state index contributed by atoms with van der Waals surface area (Å²) in [5, 5.41) is 1.73. The van der Waals surface area contributed by atoms with Gasteiger partial charge in [0.25, 0.3) is 0 Å². The smallest absolute Gasteiger partial charge is 0.407 e. The molecule has 1 rings (SSSR count). The Bertz CT molecular complexity index is 370. The van der Waals surface area contributed by atoms with Crippen LogP contribution in [0.1, 0.15) is 0 Å². The van der Waals surface area contributed by atoms with Crippen LogP contribution < -0.4 is 5.32 Å². The minimum absolute atomic E-state index is 0.648. The second-order valence-corrected chi connectivity index (χ2v) is 6.54. The first-order chi connectivity index (χ1) is 7.93. The monoisotopic (exact) mass is 313 g/mol. The van der Waals surface area contributed by atoms with Gasteiger partial charge in [0.1, 0.15) is 5.37 Å². The van der Waals surface area contributed by atoms with Gasteiger partial charge in [-0.2, -0.15) is 0 Å². The molecule has 1 N–H and O–H groups in total. The Labute approximate surface area is 119 Å². The average molecular weight is 315 g/mol. The number of halogens is 3. The van der Waals surface area contributed by atoms with Crippen LogP contribution in [0.3, 0.4) is 0 Å². The van der Waals surface area contributed by atoms with E-state index in [1.807, 2.05) is 30.3 Å². The molecular formula is C10H10Cl3NO2S. The highest BCUT2D eigenvalue weighted by Gasteiger charge is 2.35. The summed E-state index contributed by atoms with van der Waals surface area (Å²) in [4.78, 5) is 12.0. The molecule has 17 heavy (non-hydrogen) atoms. The molecule has 0 aliphatic heterocycles. The van der Waals surface area contributed by atoms with Crippen molar-refractivity contribution in [1.82, 2.24) is 5.32 Å². The van der Waals surface area contributed by atoms with Gasteiger partial charge in [-0.3, -0.25) is 0 Å². The van der Waals surface area contributed by atoms with Crippen molar-refractivity contribution in [1.29, 1.82) is 0 Å². The van der Waals surface area contributed by atoms with Gasteiger partial charge in [0.2, 0.25) is 3.79 Å². The lowest BCUT2D eigenvalue weighted by atomic mass is 10.4. The number of benzene rings is 1. The van der Waals surface area contributed by atoms with Gasteiger partial charge in [-0.1, -0.05) is 64.8 Å². The standard InChI is InChI=1S/C10H10Cl3NO2S/c1-16-9(15)14-8(10(11,12)13)17-7-5-3-2-4-6-7/h2-6,8H,1H3,(H,14,15)/t8-/m0/s1. The molecule has 0 spiro atoms. The van der Waals surface area contributed by atoms with E-state index in [2.05, 4.69) is 10.1 Å². The fourth-order valence-electron chi connectivity index (χ4n) is 0.979. The van der Waals surface area contributed by atoms with Gasteiger partial charge in [-0.15, -0.1) is 0 Å². The van der Waals surface area contributed by atoms with E-state index >= 15 is 0 Å². The number of alkyl carbamates (subject to hydrolysis) is 1. The molecule has 1 atom stereocenters. The number of nitrogens with one attached hydrogen (secondary N) is 1. The third-order valence-corrected chi connectivity index (χ3v) is 4.02. The topological polar surface area (TPSA) is 38.3 Å². The summed E-state index contributed by atoms with van der Waals surface area (Å²) in [6.07, 6.45) is -0.648. The van der Waals surface area contributed by atoms with Gasteiger partial charge in [0.05, 0.1) is 7.11 Å². The fourth-order valence-corrected chi connectivity index (χ4v) is 2.42. The lowest BCUT2D eigenvalue weighted by molar-refractivity contribution is 0.170. The Kier molecular flexibility index (Phi) is 5.73. The van der Waals surface area contributed by atoms with Crippen LogP contribution in [0.2, 0.25) is 0 Å². The molecule has 0 saturated carbocycles. The molecule has 0 aromatic heterocycles. The van der Waals surface area contributed by atoms with Crippen LogP contribution in [-0.4, -0.2) is 22.4 Å². The molecule has 0 aliphatic carbocycles. The summed E-state index contributed by atoms with van der Waals surface area (Å²) in [7, 11) is 1.25. The third-order valence-electron chi connectivity index (χ3n) is 1.73. The number of carbonyl (C=O) groups is 1. The number of hydrogen-bond acceptors (Lipinski definition) is 3. The number of ether oxygens (including phenoxy) is 1. The first-order valence-electron chi connectivity index (χ1n) is 4.56. The summed E-state index contributed by atoms with van der Waals surface area (Å²) < 4.78 is 2.84. The number of carbonyl (C=O) groups excluding carboxylic acids is 1. The summed E-state index contributed by atoms with van der Waals surface area (Å²) in [6, 6.07) is 9.30. The maximum Gasteiger partial charge on any atom is 0.407 e. The van der Waals surface area contributed by atoms with Crippen molar-refractivity contribution in [3.63, 3.8) is 0 Å². The maximum absolute atomic E-state index is 11.1. The Morgan fingerprint density at radius 2 is 1.94 bits per heavy atom. The zero-order valence-corrected chi connectivity index (χ0v) is 11.9.